The van der Waals surface area contributed by atoms with E-state index in [1.54, 1.807) is 57.8 Å². The van der Waals surface area contributed by atoms with Gasteiger partial charge in [0.15, 0.2) is 0 Å². The second-order valence-electron chi connectivity index (χ2n) is 10.4. The van der Waals surface area contributed by atoms with Crippen LogP contribution in [0.15, 0.2) is 0 Å². The molecule has 0 N–H and O–H groups in total. The van der Waals surface area contributed by atoms with E-state index in [0.717, 1.165) is 52.8 Å². The van der Waals surface area contributed by atoms with Crippen molar-refractivity contribution in [2.45, 2.75) is 88.0 Å². The molecule has 9 fully saturated rings. The summed E-state index contributed by atoms with van der Waals surface area (Å²) in [5, 5.41) is 1.02. The number of rotatable bonds is 2. The van der Waals surface area contributed by atoms with Crippen molar-refractivity contribution < 1.29 is 0 Å². The maximum absolute atomic E-state index is 3.09. The minimum Gasteiger partial charge on any atom is -0.297 e. The third kappa shape index (κ3) is 2.38. The maximum Gasteiger partial charge on any atom is 0.0145 e. The van der Waals surface area contributed by atoms with Gasteiger partial charge < -0.3 is 0 Å². The molecule has 134 valence electrons. The van der Waals surface area contributed by atoms with Gasteiger partial charge in [-0.25, -0.2) is 0 Å². The monoisotopic (exact) mass is 345 g/mol. The molecule has 1 nitrogen and oxygen atoms in total. The van der Waals surface area contributed by atoms with Gasteiger partial charge in [0.05, 0.1) is 0 Å². The molecule has 0 radical (unpaired) electrons. The number of hydrogen-bond donors (Lipinski definition) is 0. The van der Waals surface area contributed by atoms with Gasteiger partial charge in [0.2, 0.25) is 0 Å². The predicted octanol–water partition coefficient (Wildman–Crippen LogP) is 5.20. The molecule has 2 heteroatoms. The van der Waals surface area contributed by atoms with E-state index in [2.05, 4.69) is 16.7 Å². The SMILES string of the molecule is C1CC2CCC1CC2C1CC2CCC1CN2C1CC2CCC1CS2. The summed E-state index contributed by atoms with van der Waals surface area (Å²) in [6.45, 7) is 1.50. The Morgan fingerprint density at radius 2 is 1.46 bits per heavy atom. The van der Waals surface area contributed by atoms with Crippen LogP contribution in [0.5, 0.6) is 0 Å². The molecule has 5 saturated carbocycles. The van der Waals surface area contributed by atoms with Gasteiger partial charge in [-0.15, -0.1) is 0 Å². The molecule has 5 aliphatic carbocycles. The molecular formula is C22H35NS. The van der Waals surface area contributed by atoms with Crippen LogP contribution in [0.4, 0.5) is 0 Å². The first-order valence-corrected chi connectivity index (χ1v) is 12.3. The number of piperidine rings is 2. The van der Waals surface area contributed by atoms with Crippen LogP contribution in [0.1, 0.15) is 70.6 Å². The van der Waals surface area contributed by atoms with Crippen molar-refractivity contribution in [1.82, 2.24) is 4.90 Å². The molecule has 7 unspecified atom stereocenters. The van der Waals surface area contributed by atoms with Crippen LogP contribution in [-0.2, 0) is 0 Å². The second kappa shape index (κ2) is 5.91. The Labute approximate surface area is 152 Å². The third-order valence-corrected chi connectivity index (χ3v) is 11.0. The molecule has 7 atom stereocenters. The molecule has 0 amide bonds. The number of hydrogen-bond acceptors (Lipinski definition) is 2. The van der Waals surface area contributed by atoms with Gasteiger partial charge in [-0.3, -0.25) is 4.90 Å². The molecule has 0 aromatic carbocycles. The van der Waals surface area contributed by atoms with Gasteiger partial charge in [-0.1, -0.05) is 12.8 Å². The van der Waals surface area contributed by atoms with Crippen LogP contribution in [0.3, 0.4) is 0 Å². The van der Waals surface area contributed by atoms with E-state index in [9.17, 15) is 0 Å². The topological polar surface area (TPSA) is 3.24 Å². The van der Waals surface area contributed by atoms with Crippen molar-refractivity contribution >= 4 is 11.8 Å². The number of thioether (sulfide) groups is 1. The van der Waals surface area contributed by atoms with Crippen LogP contribution in [0.2, 0.25) is 0 Å². The molecule has 9 aliphatic rings. The molecule has 6 bridgehead atoms. The first-order chi connectivity index (χ1) is 11.8. The molecule has 4 saturated heterocycles. The summed E-state index contributed by atoms with van der Waals surface area (Å²) < 4.78 is 0. The zero-order chi connectivity index (χ0) is 15.7. The Kier molecular flexibility index (Phi) is 3.79. The first-order valence-electron chi connectivity index (χ1n) is 11.2. The van der Waals surface area contributed by atoms with E-state index in [4.69, 9.17) is 0 Å². The van der Waals surface area contributed by atoms with Crippen LogP contribution < -0.4 is 0 Å². The Bertz CT molecular complexity index is 432. The summed E-state index contributed by atoms with van der Waals surface area (Å²) in [5.41, 5.74) is 0. The van der Waals surface area contributed by atoms with Crippen LogP contribution >= 0.6 is 11.8 Å². The summed E-state index contributed by atoms with van der Waals surface area (Å²) in [7, 11) is 0. The first kappa shape index (κ1) is 15.4. The van der Waals surface area contributed by atoms with Crippen molar-refractivity contribution in [3.63, 3.8) is 0 Å². The molecule has 4 aliphatic heterocycles. The molecule has 4 heterocycles. The largest absolute Gasteiger partial charge is 0.297 e. The van der Waals surface area contributed by atoms with E-state index in [-0.39, 0.29) is 0 Å². The average Bonchev–Trinajstić information content (AvgIpc) is 2.70. The lowest BCUT2D eigenvalue weighted by atomic mass is 9.55. The Morgan fingerprint density at radius 1 is 0.667 bits per heavy atom. The molecule has 0 aromatic rings. The summed E-state index contributed by atoms with van der Waals surface area (Å²) >= 11 is 2.31. The maximum atomic E-state index is 3.09. The summed E-state index contributed by atoms with van der Waals surface area (Å²) in [5.74, 6) is 8.14. The Morgan fingerprint density at radius 3 is 2.04 bits per heavy atom. The number of nitrogens with zero attached hydrogens (tertiary/aromatic N) is 1. The van der Waals surface area contributed by atoms with E-state index >= 15 is 0 Å². The van der Waals surface area contributed by atoms with Gasteiger partial charge in [0.25, 0.3) is 0 Å². The van der Waals surface area contributed by atoms with Gasteiger partial charge in [-0.2, -0.15) is 11.8 Å². The third-order valence-electron chi connectivity index (χ3n) is 9.47. The van der Waals surface area contributed by atoms with Crippen LogP contribution in [0, 0.1) is 35.5 Å². The Balaban J connectivity index is 1.19. The van der Waals surface area contributed by atoms with Gasteiger partial charge >= 0.3 is 0 Å². The fraction of sp³-hybridized carbons (Fsp3) is 1.00. The van der Waals surface area contributed by atoms with Crippen LogP contribution in [0.25, 0.3) is 0 Å². The second-order valence-corrected chi connectivity index (χ2v) is 11.7. The molecular weight excluding hydrogens is 310 g/mol. The molecule has 9 rings (SSSR count). The van der Waals surface area contributed by atoms with Crippen molar-refractivity contribution in [1.29, 1.82) is 0 Å². The van der Waals surface area contributed by atoms with E-state index < -0.39 is 0 Å². The molecule has 0 aromatic heterocycles. The van der Waals surface area contributed by atoms with Gasteiger partial charge in [0.1, 0.15) is 0 Å². The highest BCUT2D eigenvalue weighted by atomic mass is 32.2. The van der Waals surface area contributed by atoms with Gasteiger partial charge in [-0.05, 0) is 99.0 Å². The molecule has 0 spiro atoms. The van der Waals surface area contributed by atoms with E-state index in [0.29, 0.717) is 0 Å². The fourth-order valence-corrected chi connectivity index (χ4v) is 9.80. The van der Waals surface area contributed by atoms with Crippen molar-refractivity contribution in [3.05, 3.63) is 0 Å². The number of fused-ring (bicyclic) bond motifs is 11. The summed E-state index contributed by atoms with van der Waals surface area (Å²) in [6.07, 6.45) is 17.3. The van der Waals surface area contributed by atoms with Gasteiger partial charge in [0, 0.05) is 23.9 Å². The average molecular weight is 346 g/mol. The van der Waals surface area contributed by atoms with E-state index in [1.165, 1.54) is 25.1 Å². The zero-order valence-electron chi connectivity index (χ0n) is 15.2. The minimum atomic E-state index is 0.981. The lowest BCUT2D eigenvalue weighted by molar-refractivity contribution is -0.0851. The quantitative estimate of drug-likeness (QED) is 0.677. The lowest BCUT2D eigenvalue weighted by Crippen LogP contribution is -2.61. The highest BCUT2D eigenvalue weighted by Gasteiger charge is 2.51. The normalized spacial score (nSPS) is 56.8. The van der Waals surface area contributed by atoms with Crippen molar-refractivity contribution in [2.24, 2.45) is 35.5 Å². The minimum absolute atomic E-state index is 0.981. The van der Waals surface area contributed by atoms with Crippen molar-refractivity contribution in [3.8, 4) is 0 Å². The zero-order valence-corrected chi connectivity index (χ0v) is 16.1. The van der Waals surface area contributed by atoms with Crippen LogP contribution in [-0.4, -0.2) is 34.5 Å². The standard InChI is InChI=1S/C22H35NS/c1-3-15-4-2-14(1)9-20(15)21-10-18-7-5-16(21)12-23(18)22-11-19-8-6-17(22)13-24-19/h14-22H,1-13H2. The predicted molar refractivity (Wildman–Crippen MR) is 102 cm³/mol. The van der Waals surface area contributed by atoms with Crippen molar-refractivity contribution in [2.75, 3.05) is 12.3 Å². The highest BCUT2D eigenvalue weighted by Crippen LogP contribution is 2.55. The smallest absolute Gasteiger partial charge is 0.0145 e. The fourth-order valence-electron chi connectivity index (χ4n) is 8.26. The molecule has 24 heavy (non-hydrogen) atoms. The Hall–Kier alpha value is 0.310. The lowest BCUT2D eigenvalue weighted by Gasteiger charge is -2.59. The highest BCUT2D eigenvalue weighted by molar-refractivity contribution is 8.00. The summed E-state index contributed by atoms with van der Waals surface area (Å²) in [6, 6.07) is 1.97. The summed E-state index contributed by atoms with van der Waals surface area (Å²) in [4.78, 5) is 3.09. The van der Waals surface area contributed by atoms with E-state index in [1.807, 2.05) is 0 Å².